The number of benzene rings is 1. The van der Waals surface area contributed by atoms with Gasteiger partial charge < -0.3 is 10.7 Å². The van der Waals surface area contributed by atoms with Gasteiger partial charge in [0.25, 0.3) is 0 Å². The Labute approximate surface area is 115 Å². The molecule has 1 aliphatic heterocycles. The molecule has 0 fully saturated rings. The number of imidazole rings is 1. The molecule has 0 saturated heterocycles. The van der Waals surface area contributed by atoms with Crippen molar-refractivity contribution < 1.29 is 4.98 Å². The second kappa shape index (κ2) is 4.19. The molecule has 6 nitrogen and oxygen atoms in total. The number of aryl methyl sites for hydroxylation is 1. The van der Waals surface area contributed by atoms with Crippen LogP contribution in [-0.4, -0.2) is 21.5 Å². The van der Waals surface area contributed by atoms with Gasteiger partial charge in [-0.05, 0) is 24.5 Å². The molecular weight excluding hydrogens is 252 g/mol. The number of nitrogens with zero attached hydrogens (tertiary/aromatic N) is 3. The Morgan fingerprint density at radius 2 is 2.20 bits per heavy atom. The van der Waals surface area contributed by atoms with Crippen molar-refractivity contribution in [2.24, 2.45) is 0 Å². The van der Waals surface area contributed by atoms with Crippen molar-refractivity contribution in [3.8, 4) is 0 Å². The van der Waals surface area contributed by atoms with Crippen molar-refractivity contribution in [3.63, 3.8) is 0 Å². The minimum absolute atomic E-state index is 0.377. The first-order valence-corrected chi connectivity index (χ1v) is 6.70. The second-order valence-corrected chi connectivity index (χ2v) is 4.96. The van der Waals surface area contributed by atoms with Crippen LogP contribution < -0.4 is 15.6 Å². The molecule has 2 aromatic heterocycles. The number of para-hydroxylation sites is 1. The topological polar surface area (TPSA) is 85.0 Å². The van der Waals surface area contributed by atoms with Crippen LogP contribution in [0.4, 0.5) is 17.5 Å². The van der Waals surface area contributed by atoms with Crippen LogP contribution in [0.5, 0.6) is 0 Å². The van der Waals surface area contributed by atoms with E-state index in [1.54, 1.807) is 6.33 Å². The highest BCUT2D eigenvalue weighted by atomic mass is 15.2. The number of H-pyrrole nitrogens is 2. The molecule has 3 heterocycles. The molecule has 0 amide bonds. The van der Waals surface area contributed by atoms with E-state index in [9.17, 15) is 0 Å². The van der Waals surface area contributed by atoms with Crippen molar-refractivity contribution in [2.45, 2.75) is 12.8 Å². The highest BCUT2D eigenvalue weighted by Gasteiger charge is 2.26. The first kappa shape index (κ1) is 11.2. The van der Waals surface area contributed by atoms with E-state index >= 15 is 0 Å². The predicted octanol–water partition coefficient (Wildman–Crippen LogP) is 1.44. The van der Waals surface area contributed by atoms with E-state index in [1.165, 1.54) is 11.3 Å². The molecule has 0 saturated carbocycles. The van der Waals surface area contributed by atoms with E-state index in [0.29, 0.717) is 11.6 Å². The fraction of sp³-hybridized carbons (Fsp3) is 0.214. The lowest BCUT2D eigenvalue weighted by Gasteiger charge is -2.27. The minimum Gasteiger partial charge on any atom is -0.337 e. The molecule has 0 unspecified atom stereocenters. The number of hydrogen-bond acceptors (Lipinski definition) is 4. The number of nitrogen functional groups attached to an aromatic ring is 1. The average molecular weight is 267 g/mol. The molecule has 6 heteroatoms. The first-order chi connectivity index (χ1) is 9.83. The summed E-state index contributed by atoms with van der Waals surface area (Å²) in [7, 11) is 0. The summed E-state index contributed by atoms with van der Waals surface area (Å²) < 4.78 is 0. The molecule has 1 aliphatic rings. The van der Waals surface area contributed by atoms with Gasteiger partial charge in [-0.2, -0.15) is 0 Å². The maximum Gasteiger partial charge on any atom is 0.344 e. The van der Waals surface area contributed by atoms with Crippen LogP contribution in [0, 0.1) is 0 Å². The van der Waals surface area contributed by atoms with Gasteiger partial charge in [0.15, 0.2) is 5.52 Å². The Morgan fingerprint density at radius 1 is 1.30 bits per heavy atom. The standard InChI is InChI=1S/C14H14N6/c15-14-18-12-11(16-8-17-12)13(19-14)20-7-3-5-9-4-1-2-6-10(9)20/h1-2,4,6,8H,3,5,7H2,(H3,15,16,17,18,19)/p+1. The number of nitrogens with two attached hydrogens (primary N) is 1. The van der Waals surface area contributed by atoms with Crippen LogP contribution in [-0.2, 0) is 6.42 Å². The lowest BCUT2D eigenvalue weighted by molar-refractivity contribution is -0.347. The van der Waals surface area contributed by atoms with Crippen molar-refractivity contribution in [1.82, 2.24) is 15.0 Å². The lowest BCUT2D eigenvalue weighted by atomic mass is 10.0. The van der Waals surface area contributed by atoms with Gasteiger partial charge in [-0.1, -0.05) is 23.2 Å². The molecule has 20 heavy (non-hydrogen) atoms. The molecule has 100 valence electrons. The van der Waals surface area contributed by atoms with Gasteiger partial charge in [0, 0.05) is 0 Å². The molecule has 0 bridgehead atoms. The van der Waals surface area contributed by atoms with Gasteiger partial charge in [0.05, 0.1) is 18.6 Å². The van der Waals surface area contributed by atoms with Gasteiger partial charge in [-0.25, -0.2) is 9.97 Å². The largest absolute Gasteiger partial charge is 0.344 e. The highest BCUT2D eigenvalue weighted by Crippen LogP contribution is 2.33. The molecular formula is C14H15N6+. The molecule has 0 radical (unpaired) electrons. The van der Waals surface area contributed by atoms with Crippen molar-refractivity contribution in [2.75, 3.05) is 17.2 Å². The van der Waals surface area contributed by atoms with Gasteiger partial charge in [0.2, 0.25) is 11.5 Å². The van der Waals surface area contributed by atoms with Crippen LogP contribution >= 0.6 is 0 Å². The molecule has 4 rings (SSSR count). The lowest BCUT2D eigenvalue weighted by Crippen LogP contribution is -2.31. The summed E-state index contributed by atoms with van der Waals surface area (Å²) >= 11 is 0. The molecule has 0 spiro atoms. The van der Waals surface area contributed by atoms with Crippen molar-refractivity contribution in [3.05, 3.63) is 36.2 Å². The van der Waals surface area contributed by atoms with Gasteiger partial charge in [-0.3, -0.25) is 4.90 Å². The normalized spacial score (nSPS) is 14.5. The van der Waals surface area contributed by atoms with Crippen LogP contribution in [0.15, 0.2) is 30.6 Å². The average Bonchev–Trinajstić information content (AvgIpc) is 2.94. The van der Waals surface area contributed by atoms with Gasteiger partial charge >= 0.3 is 5.95 Å². The van der Waals surface area contributed by atoms with E-state index in [2.05, 4.69) is 49.1 Å². The van der Waals surface area contributed by atoms with Crippen molar-refractivity contribution in [1.29, 1.82) is 0 Å². The minimum atomic E-state index is 0.377. The zero-order valence-electron chi connectivity index (χ0n) is 10.9. The Balaban J connectivity index is 1.94. The Hall–Kier alpha value is -2.63. The fourth-order valence-corrected chi connectivity index (χ4v) is 2.84. The quantitative estimate of drug-likeness (QED) is 0.698. The number of rotatable bonds is 1. The maximum absolute atomic E-state index is 5.86. The van der Waals surface area contributed by atoms with Crippen LogP contribution in [0.1, 0.15) is 12.0 Å². The van der Waals surface area contributed by atoms with E-state index < -0.39 is 0 Å². The smallest absolute Gasteiger partial charge is 0.337 e. The Kier molecular flexibility index (Phi) is 2.35. The van der Waals surface area contributed by atoms with Gasteiger partial charge in [0.1, 0.15) is 0 Å². The Bertz CT molecular complexity index is 778. The summed E-state index contributed by atoms with van der Waals surface area (Å²) in [6.45, 7) is 0.949. The fourth-order valence-electron chi connectivity index (χ4n) is 2.84. The third kappa shape index (κ3) is 1.61. The van der Waals surface area contributed by atoms with E-state index in [1.807, 2.05) is 0 Å². The summed E-state index contributed by atoms with van der Waals surface area (Å²) in [6, 6.07) is 8.46. The number of fused-ring (bicyclic) bond motifs is 2. The number of anilines is 3. The van der Waals surface area contributed by atoms with Crippen molar-refractivity contribution >= 4 is 28.6 Å². The number of hydrogen-bond donors (Lipinski definition) is 2. The van der Waals surface area contributed by atoms with E-state index in [-0.39, 0.29) is 0 Å². The van der Waals surface area contributed by atoms with E-state index in [4.69, 9.17) is 5.73 Å². The Morgan fingerprint density at radius 3 is 3.15 bits per heavy atom. The SMILES string of the molecule is Nc1nc2nc[nH]c2c(N2CCCc3ccccc32)[nH+]1. The molecule has 0 aliphatic carbocycles. The molecule has 0 atom stereocenters. The number of aromatic nitrogens is 4. The maximum atomic E-state index is 5.86. The molecule has 1 aromatic carbocycles. The number of aromatic amines is 2. The molecule has 4 N–H and O–H groups in total. The first-order valence-electron chi connectivity index (χ1n) is 6.70. The third-order valence-corrected chi connectivity index (χ3v) is 3.71. The van der Waals surface area contributed by atoms with E-state index in [0.717, 1.165) is 30.7 Å². The van der Waals surface area contributed by atoms with Crippen LogP contribution in [0.3, 0.4) is 0 Å². The summed E-state index contributed by atoms with van der Waals surface area (Å²) in [5.41, 5.74) is 9.96. The zero-order chi connectivity index (χ0) is 13.5. The second-order valence-electron chi connectivity index (χ2n) is 4.96. The molecule has 3 aromatic rings. The van der Waals surface area contributed by atoms with Crippen LogP contribution in [0.25, 0.3) is 11.2 Å². The summed E-state index contributed by atoms with van der Waals surface area (Å²) in [6.07, 6.45) is 3.87. The third-order valence-electron chi connectivity index (χ3n) is 3.71. The number of nitrogens with one attached hydrogen (secondary N) is 2. The van der Waals surface area contributed by atoms with Gasteiger partial charge in [-0.15, -0.1) is 0 Å². The summed E-state index contributed by atoms with van der Waals surface area (Å²) in [5, 5.41) is 0. The highest BCUT2D eigenvalue weighted by molar-refractivity contribution is 5.85. The van der Waals surface area contributed by atoms with Crippen LogP contribution in [0.2, 0.25) is 0 Å². The zero-order valence-corrected chi connectivity index (χ0v) is 10.9. The summed E-state index contributed by atoms with van der Waals surface area (Å²) in [5.74, 6) is 1.31. The monoisotopic (exact) mass is 267 g/mol. The predicted molar refractivity (Wildman–Crippen MR) is 76.6 cm³/mol. The summed E-state index contributed by atoms with van der Waals surface area (Å²) in [4.78, 5) is 17.0.